The lowest BCUT2D eigenvalue weighted by molar-refractivity contribution is -0.379. The normalized spacial score (nSPS) is 27.4. The standard InChI is InChI=1S/C77H137NO18/c1-3-5-7-9-11-13-15-17-19-21-23-25-26-27-28-29-30-31-32-33-34-35-37-39-41-43-45-47-49-51-53-55-65(83)78-60(61(82)54-52-50-48-46-44-42-40-38-36-24-22-20-18-16-14-12-10-8-6-4-2)59-91-75-71(89)68(86)73(63(57-80)93-75)96-77-72(90)69(87)74(64(58-81)94-77)95-76-70(88)67(85)66(84)62(56-79)92-76/h5,7,11,13,17,19,23,25,44,46,52,54,60-64,66-77,79-82,84-90H,3-4,6,8-10,12,14-16,18,20-22,24,26-43,45,47-51,53,55-59H2,1-2H3,(H,78,83)/b7-5-,13-11-,19-17-,25-23-,46-44+,54-52+. The van der Waals surface area contributed by atoms with E-state index < -0.39 is 124 Å². The van der Waals surface area contributed by atoms with Crippen LogP contribution in [0.15, 0.2) is 72.9 Å². The minimum Gasteiger partial charge on any atom is -0.394 e. The molecule has 0 aromatic heterocycles. The van der Waals surface area contributed by atoms with E-state index >= 15 is 0 Å². The average Bonchev–Trinajstić information content (AvgIpc) is 0.786. The molecule has 96 heavy (non-hydrogen) atoms. The van der Waals surface area contributed by atoms with Crippen LogP contribution in [0.2, 0.25) is 0 Å². The Hall–Kier alpha value is -2.77. The van der Waals surface area contributed by atoms with Crippen LogP contribution in [-0.2, 0) is 33.2 Å². The van der Waals surface area contributed by atoms with Gasteiger partial charge in [-0.25, -0.2) is 0 Å². The maximum absolute atomic E-state index is 13.4. The van der Waals surface area contributed by atoms with Gasteiger partial charge in [0.2, 0.25) is 5.91 Å². The van der Waals surface area contributed by atoms with Crippen molar-refractivity contribution < 1.29 is 89.4 Å². The number of carbonyl (C=O) groups excluding carboxylic acids is 1. The van der Waals surface area contributed by atoms with Crippen LogP contribution >= 0.6 is 0 Å². The number of amides is 1. The highest BCUT2D eigenvalue weighted by Crippen LogP contribution is 2.33. The molecule has 0 aromatic carbocycles. The maximum Gasteiger partial charge on any atom is 0.220 e. The monoisotopic (exact) mass is 1360 g/mol. The number of rotatable bonds is 59. The number of carbonyl (C=O) groups is 1. The molecule has 3 heterocycles. The Morgan fingerprint density at radius 3 is 1.17 bits per heavy atom. The number of hydrogen-bond donors (Lipinski definition) is 12. The summed E-state index contributed by atoms with van der Waals surface area (Å²) in [5.41, 5.74) is 0. The maximum atomic E-state index is 13.4. The van der Waals surface area contributed by atoms with Gasteiger partial charge in [0, 0.05) is 6.42 Å². The zero-order valence-corrected chi connectivity index (χ0v) is 59.3. The van der Waals surface area contributed by atoms with Gasteiger partial charge in [0.05, 0.1) is 38.6 Å². The molecule has 3 saturated heterocycles. The lowest BCUT2D eigenvalue weighted by Crippen LogP contribution is -2.66. The summed E-state index contributed by atoms with van der Waals surface area (Å²) in [7, 11) is 0. The second-order valence-corrected chi connectivity index (χ2v) is 27.1. The Balaban J connectivity index is 1.39. The van der Waals surface area contributed by atoms with Crippen molar-refractivity contribution in [2.45, 2.75) is 381 Å². The molecule has 3 rings (SSSR count). The van der Waals surface area contributed by atoms with E-state index in [0.717, 1.165) is 64.2 Å². The summed E-state index contributed by atoms with van der Waals surface area (Å²) in [5.74, 6) is -0.284. The second-order valence-electron chi connectivity index (χ2n) is 27.1. The number of hydrogen-bond acceptors (Lipinski definition) is 18. The van der Waals surface area contributed by atoms with Crippen molar-refractivity contribution >= 4 is 5.91 Å². The predicted octanol–water partition coefficient (Wildman–Crippen LogP) is 11.7. The van der Waals surface area contributed by atoms with Gasteiger partial charge in [-0.05, 0) is 70.6 Å². The summed E-state index contributed by atoms with van der Waals surface area (Å²) in [6, 6.07) is -0.993. The Bertz CT molecular complexity index is 2020. The number of unbranched alkanes of at least 4 members (excludes halogenated alkanes) is 33. The van der Waals surface area contributed by atoms with E-state index in [-0.39, 0.29) is 18.9 Å². The summed E-state index contributed by atoms with van der Waals surface area (Å²) < 4.78 is 34.4. The molecule has 0 radical (unpaired) electrons. The first-order valence-electron chi connectivity index (χ1n) is 38.2. The Morgan fingerprint density at radius 1 is 0.385 bits per heavy atom. The van der Waals surface area contributed by atoms with Crippen LogP contribution in [0.5, 0.6) is 0 Å². The van der Waals surface area contributed by atoms with Crippen LogP contribution in [-0.4, -0.2) is 193 Å². The summed E-state index contributed by atoms with van der Waals surface area (Å²) in [5, 5.41) is 121. The summed E-state index contributed by atoms with van der Waals surface area (Å²) in [4.78, 5) is 13.4. The van der Waals surface area contributed by atoms with Crippen LogP contribution in [0.1, 0.15) is 277 Å². The third-order valence-electron chi connectivity index (χ3n) is 18.7. The second kappa shape index (κ2) is 57.8. The molecule has 0 aromatic rings. The number of nitrogens with one attached hydrogen (secondary N) is 1. The van der Waals surface area contributed by atoms with E-state index in [0.29, 0.717) is 12.8 Å². The molecule has 0 saturated carbocycles. The first kappa shape index (κ1) is 87.4. The third-order valence-corrected chi connectivity index (χ3v) is 18.7. The first-order valence-corrected chi connectivity index (χ1v) is 38.2. The molecule has 558 valence electrons. The molecule has 3 fully saturated rings. The fourth-order valence-electron chi connectivity index (χ4n) is 12.6. The molecule has 3 aliphatic heterocycles. The van der Waals surface area contributed by atoms with Crippen LogP contribution in [0, 0.1) is 0 Å². The van der Waals surface area contributed by atoms with Crippen LogP contribution < -0.4 is 5.32 Å². The van der Waals surface area contributed by atoms with Gasteiger partial charge in [-0.3, -0.25) is 4.79 Å². The molecular formula is C77H137NO18. The van der Waals surface area contributed by atoms with Crippen LogP contribution in [0.3, 0.4) is 0 Å². The zero-order valence-electron chi connectivity index (χ0n) is 59.3. The lowest BCUT2D eigenvalue weighted by Gasteiger charge is -2.48. The fraction of sp³-hybridized carbons (Fsp3) is 0.831. The average molecular weight is 1360 g/mol. The van der Waals surface area contributed by atoms with Gasteiger partial charge in [0.25, 0.3) is 0 Å². The largest absolute Gasteiger partial charge is 0.394 e. The van der Waals surface area contributed by atoms with E-state index in [4.69, 9.17) is 28.4 Å². The summed E-state index contributed by atoms with van der Waals surface area (Å²) >= 11 is 0. The Kier molecular flexibility index (Phi) is 52.7. The molecule has 3 aliphatic rings. The van der Waals surface area contributed by atoms with Gasteiger partial charge in [0.15, 0.2) is 18.9 Å². The molecule has 17 unspecified atom stereocenters. The van der Waals surface area contributed by atoms with Gasteiger partial charge >= 0.3 is 0 Å². The Morgan fingerprint density at radius 2 is 0.729 bits per heavy atom. The van der Waals surface area contributed by atoms with Crippen LogP contribution in [0.4, 0.5) is 0 Å². The van der Waals surface area contributed by atoms with Crippen molar-refractivity contribution in [2.24, 2.45) is 0 Å². The van der Waals surface area contributed by atoms with Crippen molar-refractivity contribution in [3.63, 3.8) is 0 Å². The third kappa shape index (κ3) is 38.3. The minimum absolute atomic E-state index is 0.235. The van der Waals surface area contributed by atoms with Gasteiger partial charge in [-0.15, -0.1) is 0 Å². The van der Waals surface area contributed by atoms with E-state index in [1.165, 1.54) is 180 Å². The topological polar surface area (TPSA) is 307 Å². The molecular weight excluding hydrogens is 1230 g/mol. The van der Waals surface area contributed by atoms with Gasteiger partial charge in [-0.1, -0.05) is 273 Å². The molecule has 17 atom stereocenters. The molecule has 0 aliphatic carbocycles. The molecule has 1 amide bonds. The number of aliphatic hydroxyl groups excluding tert-OH is 11. The first-order chi connectivity index (χ1) is 46.8. The quantitative estimate of drug-likeness (QED) is 0.0199. The number of aliphatic hydroxyl groups is 11. The van der Waals surface area contributed by atoms with Gasteiger partial charge in [-0.2, -0.15) is 0 Å². The highest BCUT2D eigenvalue weighted by atomic mass is 16.8. The molecule has 19 nitrogen and oxygen atoms in total. The Labute approximate surface area is 578 Å². The van der Waals surface area contributed by atoms with Crippen molar-refractivity contribution in [2.75, 3.05) is 26.4 Å². The lowest BCUT2D eigenvalue weighted by atomic mass is 9.96. The van der Waals surface area contributed by atoms with E-state index in [2.05, 4.69) is 79.9 Å². The zero-order chi connectivity index (χ0) is 69.6. The van der Waals surface area contributed by atoms with Crippen molar-refractivity contribution in [1.82, 2.24) is 5.32 Å². The van der Waals surface area contributed by atoms with Gasteiger partial charge < -0.3 is 89.9 Å². The van der Waals surface area contributed by atoms with E-state index in [9.17, 15) is 61.0 Å². The predicted molar refractivity (Wildman–Crippen MR) is 378 cm³/mol. The SMILES string of the molecule is CC/C=C\C/C=C\C/C=C\C/C=C\CCCCCCCCCCCCCCCCCCCCC(=O)NC(COC1OC(CO)C(OC2OC(CO)C(OC3OC(CO)C(O)C(O)C3O)C(O)C2O)C(O)C1O)C(O)/C=C/CC/C=C/CCCCCCCCCCCCCCCC. The molecule has 12 N–H and O–H groups in total. The number of ether oxygens (including phenoxy) is 6. The van der Waals surface area contributed by atoms with E-state index in [1.54, 1.807) is 6.08 Å². The van der Waals surface area contributed by atoms with Crippen molar-refractivity contribution in [1.29, 1.82) is 0 Å². The fourth-order valence-corrected chi connectivity index (χ4v) is 12.6. The van der Waals surface area contributed by atoms with E-state index in [1.807, 2.05) is 6.08 Å². The smallest absolute Gasteiger partial charge is 0.220 e. The van der Waals surface area contributed by atoms with Crippen molar-refractivity contribution in [3.05, 3.63) is 72.9 Å². The summed E-state index contributed by atoms with van der Waals surface area (Å²) in [6.45, 7) is 1.63. The summed E-state index contributed by atoms with van der Waals surface area (Å²) in [6.07, 6.45) is 47.4. The molecule has 19 heteroatoms. The highest BCUT2D eigenvalue weighted by molar-refractivity contribution is 5.76. The minimum atomic E-state index is -1.98. The van der Waals surface area contributed by atoms with Gasteiger partial charge in [0.1, 0.15) is 73.2 Å². The molecule has 0 bridgehead atoms. The molecule has 0 spiro atoms. The number of allylic oxidation sites excluding steroid dienone is 11. The highest BCUT2D eigenvalue weighted by Gasteiger charge is 2.53. The van der Waals surface area contributed by atoms with Crippen molar-refractivity contribution in [3.8, 4) is 0 Å². The van der Waals surface area contributed by atoms with Crippen LogP contribution in [0.25, 0.3) is 0 Å².